The van der Waals surface area contributed by atoms with Crippen molar-refractivity contribution in [3.8, 4) is 0 Å². The van der Waals surface area contributed by atoms with Crippen LogP contribution >= 0.6 is 0 Å². The average molecular weight is 179 g/mol. The molecule has 0 radical (unpaired) electrons. The highest BCUT2D eigenvalue weighted by Crippen LogP contribution is 2.19. The first-order valence-corrected chi connectivity index (χ1v) is 4.74. The van der Waals surface area contributed by atoms with Gasteiger partial charge in [0.2, 0.25) is 5.91 Å². The largest absolute Gasteiger partial charge is 0.326 e. The van der Waals surface area contributed by atoms with Crippen LogP contribution < -0.4 is 5.32 Å². The van der Waals surface area contributed by atoms with Crippen LogP contribution in [-0.4, -0.2) is 5.91 Å². The predicted molar refractivity (Wildman–Crippen MR) is 54.1 cm³/mol. The number of nitrogens with one attached hydrogen (secondary N) is 1. The third-order valence-electron chi connectivity index (χ3n) is 2.29. The van der Waals surface area contributed by atoms with E-state index >= 15 is 0 Å². The number of hydrogen-bond donors (Lipinski definition) is 1. The first-order valence-electron chi connectivity index (χ1n) is 4.74. The van der Waals surface area contributed by atoms with Crippen LogP contribution in [0, 0.1) is 5.92 Å². The van der Waals surface area contributed by atoms with E-state index in [4.69, 9.17) is 0 Å². The monoisotopic (exact) mass is 179 g/mol. The van der Waals surface area contributed by atoms with Gasteiger partial charge >= 0.3 is 0 Å². The summed E-state index contributed by atoms with van der Waals surface area (Å²) in [7, 11) is 0. The highest BCUT2D eigenvalue weighted by atomic mass is 16.1. The molecule has 0 aromatic rings. The highest BCUT2D eigenvalue weighted by molar-refractivity contribution is 5.75. The Balaban J connectivity index is 2.74. The van der Waals surface area contributed by atoms with Crippen LogP contribution in [0.25, 0.3) is 0 Å². The van der Waals surface area contributed by atoms with Gasteiger partial charge in [0, 0.05) is 12.6 Å². The van der Waals surface area contributed by atoms with Gasteiger partial charge in [-0.1, -0.05) is 19.1 Å². The summed E-state index contributed by atoms with van der Waals surface area (Å²) in [4.78, 5) is 10.9. The SMILES string of the molecule is CC(=O)NC1=CCC(C)CC=C1C. The normalized spacial score (nSPS) is 22.8. The van der Waals surface area contributed by atoms with Crippen molar-refractivity contribution < 1.29 is 4.79 Å². The minimum Gasteiger partial charge on any atom is -0.326 e. The van der Waals surface area contributed by atoms with Gasteiger partial charge in [0.15, 0.2) is 0 Å². The fourth-order valence-electron chi connectivity index (χ4n) is 1.40. The lowest BCUT2D eigenvalue weighted by atomic mass is 10.1. The van der Waals surface area contributed by atoms with E-state index in [0.29, 0.717) is 5.92 Å². The van der Waals surface area contributed by atoms with E-state index in [2.05, 4.69) is 24.4 Å². The van der Waals surface area contributed by atoms with E-state index in [1.54, 1.807) is 6.92 Å². The van der Waals surface area contributed by atoms with Crippen molar-refractivity contribution in [2.75, 3.05) is 0 Å². The summed E-state index contributed by atoms with van der Waals surface area (Å²) >= 11 is 0. The molecule has 0 bridgehead atoms. The van der Waals surface area contributed by atoms with Gasteiger partial charge in [-0.25, -0.2) is 0 Å². The number of hydrogen-bond acceptors (Lipinski definition) is 1. The van der Waals surface area contributed by atoms with Crippen LogP contribution in [0.2, 0.25) is 0 Å². The van der Waals surface area contributed by atoms with Gasteiger partial charge in [0.05, 0.1) is 0 Å². The second-order valence-electron chi connectivity index (χ2n) is 3.76. The Labute approximate surface area is 79.7 Å². The first-order chi connectivity index (χ1) is 6.09. The molecule has 13 heavy (non-hydrogen) atoms. The lowest BCUT2D eigenvalue weighted by molar-refractivity contribution is -0.118. The minimum absolute atomic E-state index is 0.00792. The molecule has 0 aromatic heterocycles. The summed E-state index contributed by atoms with van der Waals surface area (Å²) < 4.78 is 0. The zero-order valence-electron chi connectivity index (χ0n) is 8.55. The van der Waals surface area contributed by atoms with Crippen LogP contribution in [0.4, 0.5) is 0 Å². The van der Waals surface area contributed by atoms with Gasteiger partial charge in [-0.15, -0.1) is 0 Å². The van der Waals surface area contributed by atoms with Crippen molar-refractivity contribution in [1.82, 2.24) is 5.32 Å². The standard InChI is InChI=1S/C11H17NO/c1-8-4-6-9(2)11(7-5-8)12-10(3)13/h6-8H,4-5H2,1-3H3,(H,12,13). The van der Waals surface area contributed by atoms with Gasteiger partial charge in [-0.3, -0.25) is 4.79 Å². The Kier molecular flexibility index (Phi) is 3.29. The molecule has 1 atom stereocenters. The van der Waals surface area contributed by atoms with Crippen molar-refractivity contribution in [3.05, 3.63) is 23.4 Å². The fraction of sp³-hybridized carbons (Fsp3) is 0.545. The smallest absolute Gasteiger partial charge is 0.221 e. The molecule has 0 fully saturated rings. The van der Waals surface area contributed by atoms with E-state index in [1.807, 2.05) is 6.92 Å². The van der Waals surface area contributed by atoms with E-state index < -0.39 is 0 Å². The van der Waals surface area contributed by atoms with E-state index in [9.17, 15) is 4.79 Å². The molecule has 2 heteroatoms. The van der Waals surface area contributed by atoms with E-state index in [-0.39, 0.29) is 5.91 Å². The summed E-state index contributed by atoms with van der Waals surface area (Å²) in [6.07, 6.45) is 6.46. The van der Waals surface area contributed by atoms with Crippen molar-refractivity contribution >= 4 is 5.91 Å². The number of carbonyl (C=O) groups excluding carboxylic acids is 1. The molecule has 1 N–H and O–H groups in total. The van der Waals surface area contributed by atoms with Gasteiger partial charge in [-0.05, 0) is 31.3 Å². The summed E-state index contributed by atoms with van der Waals surface area (Å²) in [6, 6.07) is 0. The molecule has 1 aliphatic carbocycles. The molecule has 0 saturated heterocycles. The molecule has 2 nitrogen and oxygen atoms in total. The number of rotatable bonds is 1. The first kappa shape index (κ1) is 10.0. The molecule has 1 amide bonds. The third-order valence-corrected chi connectivity index (χ3v) is 2.29. The second-order valence-corrected chi connectivity index (χ2v) is 3.76. The summed E-state index contributed by atoms with van der Waals surface area (Å²) in [5.74, 6) is 0.690. The maximum Gasteiger partial charge on any atom is 0.221 e. The predicted octanol–water partition coefficient (Wildman–Crippen LogP) is 2.38. The van der Waals surface area contributed by atoms with E-state index in [1.165, 1.54) is 5.57 Å². The van der Waals surface area contributed by atoms with Crippen LogP contribution in [0.15, 0.2) is 23.4 Å². The van der Waals surface area contributed by atoms with Crippen LogP contribution in [0.1, 0.15) is 33.6 Å². The minimum atomic E-state index is 0.00792. The molecule has 0 spiro atoms. The quantitative estimate of drug-likeness (QED) is 0.658. The fourth-order valence-corrected chi connectivity index (χ4v) is 1.40. The van der Waals surface area contributed by atoms with Gasteiger partial charge < -0.3 is 5.32 Å². The Morgan fingerprint density at radius 3 is 2.69 bits per heavy atom. The molecule has 0 saturated carbocycles. The number of amides is 1. The molecule has 0 heterocycles. The maximum absolute atomic E-state index is 10.9. The van der Waals surface area contributed by atoms with Crippen LogP contribution in [-0.2, 0) is 4.79 Å². The molecule has 1 rings (SSSR count). The molecule has 0 aromatic carbocycles. The zero-order chi connectivity index (χ0) is 9.84. The highest BCUT2D eigenvalue weighted by Gasteiger charge is 2.08. The van der Waals surface area contributed by atoms with Gasteiger partial charge in [0.1, 0.15) is 0 Å². The topological polar surface area (TPSA) is 29.1 Å². The van der Waals surface area contributed by atoms with Crippen molar-refractivity contribution in [2.45, 2.75) is 33.6 Å². The molecular formula is C11H17NO. The Bertz CT molecular complexity index is 263. The van der Waals surface area contributed by atoms with Crippen molar-refractivity contribution in [1.29, 1.82) is 0 Å². The van der Waals surface area contributed by atoms with Crippen LogP contribution in [0.3, 0.4) is 0 Å². The lowest BCUT2D eigenvalue weighted by Gasteiger charge is -2.06. The van der Waals surface area contributed by atoms with Gasteiger partial charge in [0.25, 0.3) is 0 Å². The molecule has 1 unspecified atom stereocenters. The Hall–Kier alpha value is -1.05. The van der Waals surface area contributed by atoms with Gasteiger partial charge in [-0.2, -0.15) is 0 Å². The number of carbonyl (C=O) groups is 1. The Morgan fingerprint density at radius 1 is 1.46 bits per heavy atom. The zero-order valence-corrected chi connectivity index (χ0v) is 8.55. The van der Waals surface area contributed by atoms with Crippen molar-refractivity contribution in [3.63, 3.8) is 0 Å². The van der Waals surface area contributed by atoms with Crippen molar-refractivity contribution in [2.24, 2.45) is 5.92 Å². The Morgan fingerprint density at radius 2 is 2.08 bits per heavy atom. The molecular weight excluding hydrogens is 162 g/mol. The lowest BCUT2D eigenvalue weighted by Crippen LogP contribution is -2.19. The second kappa shape index (κ2) is 4.26. The van der Waals surface area contributed by atoms with Crippen LogP contribution in [0.5, 0.6) is 0 Å². The summed E-state index contributed by atoms with van der Waals surface area (Å²) in [5, 5.41) is 2.85. The van der Waals surface area contributed by atoms with E-state index in [0.717, 1.165) is 18.5 Å². The maximum atomic E-state index is 10.9. The molecule has 72 valence electrons. The molecule has 1 aliphatic rings. The molecule has 0 aliphatic heterocycles. The third kappa shape index (κ3) is 3.05. The number of allylic oxidation sites excluding steroid dienone is 3. The summed E-state index contributed by atoms with van der Waals surface area (Å²) in [5.41, 5.74) is 2.16. The average Bonchev–Trinajstić information content (AvgIpc) is 2.19. The summed E-state index contributed by atoms with van der Waals surface area (Å²) in [6.45, 7) is 5.80.